The Hall–Kier alpha value is -2.43. The third-order valence-electron chi connectivity index (χ3n) is 3.22. The molecule has 0 spiro atoms. The third kappa shape index (κ3) is 3.81. The molecule has 0 radical (unpaired) electrons. The Morgan fingerprint density at radius 3 is 2.41 bits per heavy atom. The van der Waals surface area contributed by atoms with E-state index >= 15 is 0 Å². The number of hydrogen-bond acceptors (Lipinski definition) is 2. The fourth-order valence-corrected chi connectivity index (χ4v) is 2.08. The predicted octanol–water partition coefficient (Wildman–Crippen LogP) is 3.39. The monoisotopic (exact) mass is 305 g/mol. The van der Waals surface area contributed by atoms with Crippen LogP contribution in [0.25, 0.3) is 0 Å². The van der Waals surface area contributed by atoms with E-state index in [2.05, 4.69) is 5.32 Å². The van der Waals surface area contributed by atoms with Gasteiger partial charge in [-0.25, -0.2) is 8.78 Å². The highest BCUT2D eigenvalue weighted by atomic mass is 19.2. The second-order valence-corrected chi connectivity index (χ2v) is 4.95. The summed E-state index contributed by atoms with van der Waals surface area (Å²) in [5, 5.41) is 2.60. The van der Waals surface area contributed by atoms with Crippen molar-refractivity contribution in [3.63, 3.8) is 0 Å². The van der Waals surface area contributed by atoms with Gasteiger partial charge in [0, 0.05) is 5.56 Å². The molecule has 0 unspecified atom stereocenters. The molecule has 1 amide bonds. The molecule has 2 aromatic rings. The number of hydrogen-bond donors (Lipinski definition) is 1. The first-order chi connectivity index (χ1) is 10.5. The Kier molecular flexibility index (Phi) is 5.09. The van der Waals surface area contributed by atoms with Gasteiger partial charge in [0.25, 0.3) is 5.91 Å². The average molecular weight is 305 g/mol. The Morgan fingerprint density at radius 2 is 1.77 bits per heavy atom. The van der Waals surface area contributed by atoms with Gasteiger partial charge in [0.05, 0.1) is 6.54 Å². The number of amides is 1. The molecule has 0 aliphatic carbocycles. The lowest BCUT2D eigenvalue weighted by Gasteiger charge is -2.12. The van der Waals surface area contributed by atoms with Crippen molar-refractivity contribution in [1.82, 2.24) is 5.32 Å². The van der Waals surface area contributed by atoms with E-state index in [1.165, 1.54) is 6.07 Å². The zero-order chi connectivity index (χ0) is 16.1. The first-order valence-corrected chi connectivity index (χ1v) is 6.91. The van der Waals surface area contributed by atoms with E-state index in [-0.39, 0.29) is 12.1 Å². The summed E-state index contributed by atoms with van der Waals surface area (Å²) in [6.07, 6.45) is 0. The van der Waals surface area contributed by atoms with Crippen LogP contribution in [0.1, 0.15) is 21.5 Å². The SMILES string of the molecule is Cc1cccc(C)c1OCCNC(=O)c1ccc(F)c(F)c1. The van der Waals surface area contributed by atoms with E-state index in [0.717, 1.165) is 29.0 Å². The quantitative estimate of drug-likeness (QED) is 0.860. The fraction of sp³-hybridized carbons (Fsp3) is 0.235. The number of nitrogens with one attached hydrogen (secondary N) is 1. The summed E-state index contributed by atoms with van der Waals surface area (Å²) < 4.78 is 31.5. The first-order valence-electron chi connectivity index (χ1n) is 6.91. The van der Waals surface area contributed by atoms with E-state index in [4.69, 9.17) is 4.74 Å². The molecule has 0 fully saturated rings. The number of ether oxygens (including phenoxy) is 1. The van der Waals surface area contributed by atoms with Crippen LogP contribution in [0, 0.1) is 25.5 Å². The average Bonchev–Trinajstić information content (AvgIpc) is 2.48. The van der Waals surface area contributed by atoms with Crippen molar-refractivity contribution in [1.29, 1.82) is 0 Å². The number of halogens is 2. The van der Waals surface area contributed by atoms with Crippen molar-refractivity contribution in [2.24, 2.45) is 0 Å². The molecular formula is C17H17F2NO2. The summed E-state index contributed by atoms with van der Waals surface area (Å²) in [6, 6.07) is 8.88. The van der Waals surface area contributed by atoms with Gasteiger partial charge in [-0.3, -0.25) is 4.79 Å². The van der Waals surface area contributed by atoms with Crippen molar-refractivity contribution in [3.8, 4) is 5.75 Å². The maximum Gasteiger partial charge on any atom is 0.251 e. The minimum absolute atomic E-state index is 0.0750. The molecule has 0 saturated carbocycles. The van der Waals surface area contributed by atoms with E-state index in [1.807, 2.05) is 32.0 Å². The Morgan fingerprint density at radius 1 is 1.09 bits per heavy atom. The van der Waals surface area contributed by atoms with Crippen LogP contribution in [0.5, 0.6) is 5.75 Å². The van der Waals surface area contributed by atoms with Gasteiger partial charge < -0.3 is 10.1 Å². The molecule has 2 rings (SSSR count). The fourth-order valence-electron chi connectivity index (χ4n) is 2.08. The second-order valence-electron chi connectivity index (χ2n) is 4.95. The lowest BCUT2D eigenvalue weighted by molar-refractivity contribution is 0.0946. The van der Waals surface area contributed by atoms with Crippen LogP contribution in [0.3, 0.4) is 0 Å². The van der Waals surface area contributed by atoms with Crippen molar-refractivity contribution >= 4 is 5.91 Å². The molecule has 22 heavy (non-hydrogen) atoms. The Bertz CT molecular complexity index is 666. The van der Waals surface area contributed by atoms with Gasteiger partial charge in [-0.05, 0) is 43.2 Å². The molecule has 0 aliphatic rings. The van der Waals surface area contributed by atoms with Crippen LogP contribution in [0.15, 0.2) is 36.4 Å². The maximum absolute atomic E-state index is 13.1. The molecule has 0 aliphatic heterocycles. The summed E-state index contributed by atoms with van der Waals surface area (Å²) in [5.74, 6) is -1.69. The number of carbonyl (C=O) groups excluding carboxylic acids is 1. The molecule has 0 saturated heterocycles. The van der Waals surface area contributed by atoms with Gasteiger partial charge >= 0.3 is 0 Å². The summed E-state index contributed by atoms with van der Waals surface area (Å²) in [7, 11) is 0. The van der Waals surface area contributed by atoms with Gasteiger partial charge in [0.2, 0.25) is 0 Å². The van der Waals surface area contributed by atoms with Gasteiger partial charge in [-0.15, -0.1) is 0 Å². The van der Waals surface area contributed by atoms with E-state index < -0.39 is 17.5 Å². The number of carbonyl (C=O) groups is 1. The van der Waals surface area contributed by atoms with Crippen molar-refractivity contribution in [2.45, 2.75) is 13.8 Å². The van der Waals surface area contributed by atoms with Crippen LogP contribution in [-0.2, 0) is 0 Å². The molecular weight excluding hydrogens is 288 g/mol. The molecule has 0 atom stereocenters. The molecule has 1 N–H and O–H groups in total. The van der Waals surface area contributed by atoms with Crippen LogP contribution >= 0.6 is 0 Å². The number of para-hydroxylation sites is 1. The lowest BCUT2D eigenvalue weighted by atomic mass is 10.1. The molecule has 116 valence electrons. The van der Waals surface area contributed by atoms with Crippen LogP contribution < -0.4 is 10.1 Å². The first kappa shape index (κ1) is 15.9. The molecule has 0 heterocycles. The normalized spacial score (nSPS) is 10.4. The molecule has 0 bridgehead atoms. The number of rotatable bonds is 5. The second kappa shape index (κ2) is 7.02. The standard InChI is InChI=1S/C17H17F2NO2/c1-11-4-3-5-12(2)16(11)22-9-8-20-17(21)13-6-7-14(18)15(19)10-13/h3-7,10H,8-9H2,1-2H3,(H,20,21). The topological polar surface area (TPSA) is 38.3 Å². The summed E-state index contributed by atoms with van der Waals surface area (Å²) in [6.45, 7) is 4.46. The third-order valence-corrected chi connectivity index (χ3v) is 3.22. The lowest BCUT2D eigenvalue weighted by Crippen LogP contribution is -2.28. The minimum atomic E-state index is -1.04. The van der Waals surface area contributed by atoms with Gasteiger partial charge in [-0.1, -0.05) is 18.2 Å². The smallest absolute Gasteiger partial charge is 0.251 e. The van der Waals surface area contributed by atoms with E-state index in [9.17, 15) is 13.6 Å². The Labute approximate surface area is 127 Å². The largest absolute Gasteiger partial charge is 0.491 e. The number of aryl methyl sites for hydroxylation is 2. The molecule has 0 aromatic heterocycles. The van der Waals surface area contributed by atoms with E-state index in [0.29, 0.717) is 6.61 Å². The summed E-state index contributed by atoms with van der Waals surface area (Å²) in [5.41, 5.74) is 2.12. The summed E-state index contributed by atoms with van der Waals surface area (Å²) >= 11 is 0. The Balaban J connectivity index is 1.86. The highest BCUT2D eigenvalue weighted by Crippen LogP contribution is 2.21. The number of benzene rings is 2. The van der Waals surface area contributed by atoms with Crippen molar-refractivity contribution in [2.75, 3.05) is 13.2 Å². The highest BCUT2D eigenvalue weighted by Gasteiger charge is 2.09. The minimum Gasteiger partial charge on any atom is -0.491 e. The molecule has 2 aromatic carbocycles. The zero-order valence-corrected chi connectivity index (χ0v) is 12.5. The van der Waals surface area contributed by atoms with Crippen LogP contribution in [0.4, 0.5) is 8.78 Å². The predicted molar refractivity (Wildman–Crippen MR) is 80.1 cm³/mol. The summed E-state index contributed by atoms with van der Waals surface area (Å²) in [4.78, 5) is 11.8. The van der Waals surface area contributed by atoms with Crippen LogP contribution in [0.2, 0.25) is 0 Å². The highest BCUT2D eigenvalue weighted by molar-refractivity contribution is 5.94. The van der Waals surface area contributed by atoms with Crippen molar-refractivity contribution < 1.29 is 18.3 Å². The molecule has 5 heteroatoms. The van der Waals surface area contributed by atoms with Crippen molar-refractivity contribution in [3.05, 3.63) is 64.7 Å². The van der Waals surface area contributed by atoms with Crippen LogP contribution in [-0.4, -0.2) is 19.1 Å². The van der Waals surface area contributed by atoms with Gasteiger partial charge in [0.1, 0.15) is 12.4 Å². The van der Waals surface area contributed by atoms with Gasteiger partial charge in [-0.2, -0.15) is 0 Å². The zero-order valence-electron chi connectivity index (χ0n) is 12.5. The van der Waals surface area contributed by atoms with E-state index in [1.54, 1.807) is 0 Å². The molecule has 3 nitrogen and oxygen atoms in total. The van der Waals surface area contributed by atoms with Gasteiger partial charge in [0.15, 0.2) is 11.6 Å². The maximum atomic E-state index is 13.1.